The summed E-state index contributed by atoms with van der Waals surface area (Å²) in [5, 5.41) is 16.4. The fraction of sp³-hybridized carbons (Fsp3) is 0.0833. The van der Waals surface area contributed by atoms with Crippen molar-refractivity contribution in [1.82, 2.24) is 19.2 Å². The lowest BCUT2D eigenvalue weighted by Gasteiger charge is -2.15. The van der Waals surface area contributed by atoms with Crippen LogP contribution >= 0.6 is 0 Å². The van der Waals surface area contributed by atoms with E-state index >= 15 is 0 Å². The van der Waals surface area contributed by atoms with Gasteiger partial charge >= 0.3 is 5.69 Å². The van der Waals surface area contributed by atoms with Crippen molar-refractivity contribution < 1.29 is 9.66 Å². The molecule has 8 heteroatoms. The minimum atomic E-state index is -0.415. The summed E-state index contributed by atoms with van der Waals surface area (Å²) in [5.74, 6) is 0.223. The van der Waals surface area contributed by atoms with Crippen LogP contribution in [0.5, 0.6) is 5.75 Å². The zero-order valence-electron chi connectivity index (χ0n) is 17.3. The molecule has 0 aliphatic heterocycles. The molecule has 5 rings (SSSR count). The molecule has 0 N–H and O–H groups in total. The zero-order valence-corrected chi connectivity index (χ0v) is 17.3. The predicted octanol–water partition coefficient (Wildman–Crippen LogP) is 4.98. The molecule has 5 aromatic rings. The van der Waals surface area contributed by atoms with E-state index in [-0.39, 0.29) is 18.0 Å². The standard InChI is InChI=1S/C24H19N5O3/c1-17-9-10-21(29(30)31)24(32-16-18-6-3-2-4-7-18)23(17)27-12-13-28-22(27)14-20(26-28)19-8-5-11-25-15-19/h2-15H,16H2,1H3. The lowest BCUT2D eigenvalue weighted by Crippen LogP contribution is -2.06. The maximum absolute atomic E-state index is 11.8. The molecule has 3 heterocycles. The first-order chi connectivity index (χ1) is 15.6. The molecule has 0 saturated heterocycles. The van der Waals surface area contributed by atoms with Gasteiger partial charge in [-0.05, 0) is 30.2 Å². The molecule has 2 aromatic carbocycles. The van der Waals surface area contributed by atoms with Gasteiger partial charge in [0.05, 0.1) is 16.3 Å². The zero-order chi connectivity index (χ0) is 22.1. The highest BCUT2D eigenvalue weighted by molar-refractivity contribution is 5.69. The van der Waals surface area contributed by atoms with E-state index in [2.05, 4.69) is 10.1 Å². The van der Waals surface area contributed by atoms with E-state index in [4.69, 9.17) is 4.74 Å². The van der Waals surface area contributed by atoms with E-state index in [1.807, 2.05) is 72.4 Å². The number of benzene rings is 2. The highest BCUT2D eigenvalue weighted by Gasteiger charge is 2.24. The fourth-order valence-electron chi connectivity index (χ4n) is 3.70. The summed E-state index contributed by atoms with van der Waals surface area (Å²) in [6.45, 7) is 2.12. The van der Waals surface area contributed by atoms with Gasteiger partial charge in [-0.25, -0.2) is 4.52 Å². The molecular formula is C24H19N5O3. The van der Waals surface area contributed by atoms with E-state index in [1.165, 1.54) is 6.07 Å². The van der Waals surface area contributed by atoms with Crippen molar-refractivity contribution in [3.8, 4) is 22.7 Å². The van der Waals surface area contributed by atoms with E-state index in [0.717, 1.165) is 28.0 Å². The van der Waals surface area contributed by atoms with Gasteiger partial charge in [-0.1, -0.05) is 36.4 Å². The van der Waals surface area contributed by atoms with Crippen LogP contribution in [0.15, 0.2) is 85.5 Å². The second-order valence-corrected chi connectivity index (χ2v) is 7.35. The second-order valence-electron chi connectivity index (χ2n) is 7.35. The number of ether oxygens (including phenoxy) is 1. The molecule has 0 atom stereocenters. The van der Waals surface area contributed by atoms with Crippen molar-refractivity contribution in [2.45, 2.75) is 13.5 Å². The van der Waals surface area contributed by atoms with Crippen molar-refractivity contribution in [2.75, 3.05) is 0 Å². The van der Waals surface area contributed by atoms with Crippen molar-refractivity contribution in [3.63, 3.8) is 0 Å². The third-order valence-electron chi connectivity index (χ3n) is 5.25. The van der Waals surface area contributed by atoms with Crippen LogP contribution < -0.4 is 4.74 Å². The summed E-state index contributed by atoms with van der Waals surface area (Å²) in [7, 11) is 0. The van der Waals surface area contributed by atoms with E-state index in [1.54, 1.807) is 23.0 Å². The van der Waals surface area contributed by atoms with E-state index < -0.39 is 4.92 Å². The number of fused-ring (bicyclic) bond motifs is 1. The molecule has 0 bridgehead atoms. The molecule has 32 heavy (non-hydrogen) atoms. The molecule has 0 unspecified atom stereocenters. The van der Waals surface area contributed by atoms with E-state index in [0.29, 0.717) is 5.69 Å². The molecule has 8 nitrogen and oxygen atoms in total. The Morgan fingerprint density at radius 2 is 1.91 bits per heavy atom. The summed E-state index contributed by atoms with van der Waals surface area (Å²) < 4.78 is 9.67. The van der Waals surface area contributed by atoms with Gasteiger partial charge in [-0.3, -0.25) is 19.7 Å². The van der Waals surface area contributed by atoms with Crippen molar-refractivity contribution in [1.29, 1.82) is 0 Å². The highest BCUT2D eigenvalue weighted by atomic mass is 16.6. The molecule has 0 radical (unpaired) electrons. The number of nitro groups is 1. The van der Waals surface area contributed by atoms with Crippen LogP contribution in [0.1, 0.15) is 11.1 Å². The Balaban J connectivity index is 1.64. The van der Waals surface area contributed by atoms with Crippen molar-refractivity contribution in [2.24, 2.45) is 0 Å². The minimum absolute atomic E-state index is 0.0830. The smallest absolute Gasteiger partial charge is 0.313 e. The van der Waals surface area contributed by atoms with Gasteiger partial charge in [0.15, 0.2) is 0 Å². The van der Waals surface area contributed by atoms with E-state index in [9.17, 15) is 10.1 Å². The highest BCUT2D eigenvalue weighted by Crippen LogP contribution is 2.38. The van der Waals surface area contributed by atoms with Crippen LogP contribution in [0.25, 0.3) is 22.6 Å². The molecule has 0 fully saturated rings. The normalized spacial score (nSPS) is 11.0. The van der Waals surface area contributed by atoms with Crippen LogP contribution in [-0.4, -0.2) is 24.1 Å². The predicted molar refractivity (Wildman–Crippen MR) is 120 cm³/mol. The van der Waals surface area contributed by atoms with Gasteiger partial charge in [0.2, 0.25) is 5.75 Å². The Bertz CT molecular complexity index is 1410. The number of aryl methyl sites for hydroxylation is 1. The average Bonchev–Trinajstić information content (AvgIpc) is 3.40. The summed E-state index contributed by atoms with van der Waals surface area (Å²) in [6.07, 6.45) is 7.10. The van der Waals surface area contributed by atoms with Gasteiger partial charge in [-0.15, -0.1) is 0 Å². The number of hydrogen-bond donors (Lipinski definition) is 0. The Hall–Kier alpha value is -4.46. The number of hydrogen-bond acceptors (Lipinski definition) is 5. The monoisotopic (exact) mass is 425 g/mol. The first-order valence-corrected chi connectivity index (χ1v) is 10.0. The molecule has 0 aliphatic rings. The van der Waals surface area contributed by atoms with Gasteiger partial charge < -0.3 is 4.74 Å². The first kappa shape index (κ1) is 19.5. The Morgan fingerprint density at radius 1 is 1.06 bits per heavy atom. The maximum atomic E-state index is 11.8. The quantitative estimate of drug-likeness (QED) is 0.283. The van der Waals surface area contributed by atoms with Crippen molar-refractivity contribution >= 4 is 11.3 Å². The molecular weight excluding hydrogens is 406 g/mol. The van der Waals surface area contributed by atoms with Gasteiger partial charge in [0.1, 0.15) is 12.3 Å². The summed E-state index contributed by atoms with van der Waals surface area (Å²) in [5.41, 5.74) is 4.72. The SMILES string of the molecule is Cc1ccc([N+](=O)[O-])c(OCc2ccccc2)c1-n1ccn2nc(-c3cccnc3)cc12. The number of pyridine rings is 1. The summed E-state index contributed by atoms with van der Waals surface area (Å²) in [6, 6.07) is 18.5. The molecule has 0 amide bonds. The van der Waals surface area contributed by atoms with Gasteiger partial charge in [0.25, 0.3) is 0 Å². The number of aromatic nitrogens is 4. The van der Waals surface area contributed by atoms with Crippen LogP contribution in [0.3, 0.4) is 0 Å². The Morgan fingerprint density at radius 3 is 2.66 bits per heavy atom. The van der Waals surface area contributed by atoms with Crippen LogP contribution in [0.2, 0.25) is 0 Å². The molecule has 3 aromatic heterocycles. The topological polar surface area (TPSA) is 87.5 Å². The number of nitrogens with zero attached hydrogens (tertiary/aromatic N) is 5. The third-order valence-corrected chi connectivity index (χ3v) is 5.25. The van der Waals surface area contributed by atoms with Gasteiger partial charge in [0, 0.05) is 42.5 Å². The molecule has 0 spiro atoms. The number of nitro benzene ring substituents is 1. The fourth-order valence-corrected chi connectivity index (χ4v) is 3.70. The second kappa shape index (κ2) is 7.99. The third kappa shape index (κ3) is 3.47. The summed E-state index contributed by atoms with van der Waals surface area (Å²) >= 11 is 0. The summed E-state index contributed by atoms with van der Waals surface area (Å²) in [4.78, 5) is 15.6. The largest absolute Gasteiger partial charge is 0.480 e. The Labute approximate surface area is 183 Å². The maximum Gasteiger partial charge on any atom is 0.313 e. The van der Waals surface area contributed by atoms with Crippen LogP contribution in [0.4, 0.5) is 5.69 Å². The van der Waals surface area contributed by atoms with Crippen LogP contribution in [0, 0.1) is 17.0 Å². The number of rotatable bonds is 6. The average molecular weight is 425 g/mol. The molecule has 0 saturated carbocycles. The Kier molecular flexibility index (Phi) is 4.87. The lowest BCUT2D eigenvalue weighted by molar-refractivity contribution is -0.385. The first-order valence-electron chi connectivity index (χ1n) is 10.0. The molecule has 158 valence electrons. The van der Waals surface area contributed by atoms with Crippen molar-refractivity contribution in [3.05, 3.63) is 107 Å². The molecule has 0 aliphatic carbocycles. The van der Waals surface area contributed by atoms with Gasteiger partial charge in [-0.2, -0.15) is 5.10 Å². The number of imidazole rings is 1. The minimum Gasteiger partial charge on any atom is -0.480 e. The van der Waals surface area contributed by atoms with Crippen LogP contribution in [-0.2, 0) is 6.61 Å². The lowest BCUT2D eigenvalue weighted by atomic mass is 10.1.